The summed E-state index contributed by atoms with van der Waals surface area (Å²) in [5.41, 5.74) is 11.1. The van der Waals surface area contributed by atoms with Gasteiger partial charge in [0.25, 0.3) is 0 Å². The maximum atomic E-state index is 11.1. The van der Waals surface area contributed by atoms with Crippen molar-refractivity contribution in [1.82, 2.24) is 15.1 Å². The highest BCUT2D eigenvalue weighted by atomic mass is 33.1. The molecule has 3 atom stereocenters. The van der Waals surface area contributed by atoms with Crippen LogP contribution >= 0.6 is 21.6 Å². The largest absolute Gasteiger partial charge is 0.480 e. The fraction of sp³-hybridized carbons (Fsp3) is 0.846. The molecule has 0 aromatic carbocycles. The number of rotatable bonds is 13. The molecule has 9 nitrogen and oxygen atoms in total. The minimum absolute atomic E-state index is 0.169. The Bertz CT molecular complexity index is 393. The number of nitrogens with one attached hydrogen (secondary N) is 1. The second-order valence-electron chi connectivity index (χ2n) is 5.76. The van der Waals surface area contributed by atoms with E-state index in [4.69, 9.17) is 21.7 Å². The van der Waals surface area contributed by atoms with E-state index in [1.807, 2.05) is 28.2 Å². The summed E-state index contributed by atoms with van der Waals surface area (Å²) in [4.78, 5) is 26.0. The third-order valence-corrected chi connectivity index (χ3v) is 6.03. The fourth-order valence-corrected chi connectivity index (χ4v) is 4.56. The van der Waals surface area contributed by atoms with Crippen LogP contribution < -0.4 is 16.8 Å². The fourth-order valence-electron chi connectivity index (χ4n) is 1.94. The van der Waals surface area contributed by atoms with Crippen LogP contribution in [0.15, 0.2) is 0 Å². The van der Waals surface area contributed by atoms with Crippen molar-refractivity contribution in [3.05, 3.63) is 0 Å². The molecule has 7 N–H and O–H groups in total. The van der Waals surface area contributed by atoms with Crippen LogP contribution in [0.4, 0.5) is 0 Å². The summed E-state index contributed by atoms with van der Waals surface area (Å²) < 4.78 is 0. The molecule has 0 heterocycles. The minimum atomic E-state index is -1.11. The lowest BCUT2D eigenvalue weighted by Gasteiger charge is -2.31. The highest BCUT2D eigenvalue weighted by Crippen LogP contribution is 2.27. The Morgan fingerprint density at radius 1 is 1.08 bits per heavy atom. The van der Waals surface area contributed by atoms with Gasteiger partial charge in [-0.3, -0.25) is 19.4 Å². The van der Waals surface area contributed by atoms with Crippen molar-refractivity contribution in [1.29, 1.82) is 0 Å². The van der Waals surface area contributed by atoms with Gasteiger partial charge in [0.15, 0.2) is 0 Å². The van der Waals surface area contributed by atoms with Crippen LogP contribution in [-0.2, 0) is 9.59 Å². The van der Waals surface area contributed by atoms with Gasteiger partial charge in [-0.2, -0.15) is 0 Å². The molecule has 11 heteroatoms. The summed E-state index contributed by atoms with van der Waals surface area (Å²) in [6.45, 7) is 0.575. The first kappa shape index (κ1) is 23.4. The van der Waals surface area contributed by atoms with Crippen molar-refractivity contribution in [2.24, 2.45) is 11.5 Å². The molecule has 0 aromatic rings. The van der Waals surface area contributed by atoms with E-state index < -0.39 is 29.4 Å². The van der Waals surface area contributed by atoms with Crippen LogP contribution in [-0.4, -0.2) is 96.1 Å². The lowest BCUT2D eigenvalue weighted by Crippen LogP contribution is -2.49. The normalized spacial score (nSPS) is 15.7. The molecule has 0 spiro atoms. The van der Waals surface area contributed by atoms with Gasteiger partial charge in [-0.1, -0.05) is 21.6 Å². The molecule has 0 rings (SSSR count). The smallest absolute Gasteiger partial charge is 0.323 e. The molecule has 0 aliphatic carbocycles. The summed E-state index contributed by atoms with van der Waals surface area (Å²) in [6.07, 6.45) is 0.986. The van der Waals surface area contributed by atoms with E-state index >= 15 is 0 Å². The Balaban J connectivity index is 4.51. The van der Waals surface area contributed by atoms with Crippen LogP contribution in [0.1, 0.15) is 6.42 Å². The van der Waals surface area contributed by atoms with Crippen molar-refractivity contribution in [3.8, 4) is 0 Å². The Morgan fingerprint density at radius 3 is 2.04 bits per heavy atom. The second kappa shape index (κ2) is 11.9. The Kier molecular flexibility index (Phi) is 11.6. The average molecular weight is 384 g/mol. The zero-order valence-corrected chi connectivity index (χ0v) is 16.1. The Labute approximate surface area is 150 Å². The van der Waals surface area contributed by atoms with Crippen LogP contribution in [0.2, 0.25) is 0 Å². The third kappa shape index (κ3) is 9.06. The van der Waals surface area contributed by atoms with Gasteiger partial charge in [0.05, 0.1) is 11.5 Å². The molecule has 142 valence electrons. The highest BCUT2D eigenvalue weighted by molar-refractivity contribution is 8.77. The number of carbonyl (C=O) groups is 2. The maximum absolute atomic E-state index is 11.1. The molecule has 0 saturated carbocycles. The van der Waals surface area contributed by atoms with Gasteiger partial charge in [0, 0.05) is 5.75 Å². The quantitative estimate of drug-likeness (QED) is 0.196. The van der Waals surface area contributed by atoms with Crippen LogP contribution in [0.5, 0.6) is 0 Å². The highest BCUT2D eigenvalue weighted by Gasteiger charge is 2.26. The van der Waals surface area contributed by atoms with Crippen LogP contribution in [0, 0.1) is 0 Å². The summed E-state index contributed by atoms with van der Waals surface area (Å²) in [6, 6.07) is -2.09. The van der Waals surface area contributed by atoms with Crippen LogP contribution in [0.3, 0.4) is 0 Å². The van der Waals surface area contributed by atoms with Crippen molar-refractivity contribution in [2.45, 2.75) is 30.0 Å². The van der Waals surface area contributed by atoms with E-state index in [2.05, 4.69) is 15.1 Å². The molecule has 0 aliphatic rings. The number of nitrogens with two attached hydrogens (primary N) is 2. The monoisotopic (exact) mass is 383 g/mol. The first-order chi connectivity index (χ1) is 11.1. The van der Waals surface area contributed by atoms with E-state index in [-0.39, 0.29) is 11.9 Å². The number of carboxylic acid groups (broad SMARTS) is 2. The lowest BCUT2D eigenvalue weighted by molar-refractivity contribution is -0.139. The van der Waals surface area contributed by atoms with E-state index in [0.717, 1.165) is 6.42 Å². The van der Waals surface area contributed by atoms with E-state index in [0.29, 0.717) is 6.54 Å². The average Bonchev–Trinajstić information content (AvgIpc) is 2.47. The molecule has 0 bridgehead atoms. The van der Waals surface area contributed by atoms with Gasteiger partial charge < -0.3 is 27.0 Å². The molecule has 24 heavy (non-hydrogen) atoms. The van der Waals surface area contributed by atoms with Gasteiger partial charge in [0.1, 0.15) is 12.1 Å². The molecule has 0 aliphatic heterocycles. The topological polar surface area (TPSA) is 145 Å². The first-order valence-electron chi connectivity index (χ1n) is 7.39. The van der Waals surface area contributed by atoms with Crippen molar-refractivity contribution in [3.63, 3.8) is 0 Å². The van der Waals surface area contributed by atoms with Crippen molar-refractivity contribution in [2.75, 3.05) is 40.5 Å². The third-order valence-electron chi connectivity index (χ3n) is 3.29. The maximum Gasteiger partial charge on any atom is 0.323 e. The predicted molar refractivity (Wildman–Crippen MR) is 98.8 cm³/mol. The SMILES string of the molecule is CN(C)C(CCNC(SSC[C@H](N)C(=O)O)[C@H](N)C(=O)O)N(C)C. The zero-order chi connectivity index (χ0) is 18.9. The molecule has 0 fully saturated rings. The number of nitrogens with zero attached hydrogens (tertiary/aromatic N) is 2. The summed E-state index contributed by atoms with van der Waals surface area (Å²) in [7, 11) is 10.3. The Hall–Kier alpha value is -0.560. The number of carboxylic acids is 2. The van der Waals surface area contributed by atoms with Gasteiger partial charge in [-0.15, -0.1) is 0 Å². The van der Waals surface area contributed by atoms with E-state index in [9.17, 15) is 9.59 Å². The number of hydrogen-bond acceptors (Lipinski definition) is 9. The molecule has 0 amide bonds. The summed E-state index contributed by atoms with van der Waals surface area (Å²) in [5, 5.41) is 20.5. The van der Waals surface area contributed by atoms with Crippen molar-refractivity contribution >= 4 is 33.5 Å². The van der Waals surface area contributed by atoms with Crippen LogP contribution in [0.25, 0.3) is 0 Å². The van der Waals surface area contributed by atoms with Gasteiger partial charge in [-0.25, -0.2) is 0 Å². The molecule has 0 saturated heterocycles. The first-order valence-corrected chi connectivity index (χ1v) is 9.77. The van der Waals surface area contributed by atoms with E-state index in [1.54, 1.807) is 0 Å². The predicted octanol–water partition coefficient (Wildman–Crippen LogP) is -1.05. The minimum Gasteiger partial charge on any atom is -0.480 e. The molecule has 1 unspecified atom stereocenters. The van der Waals surface area contributed by atoms with Crippen molar-refractivity contribution < 1.29 is 19.8 Å². The number of hydrogen-bond donors (Lipinski definition) is 5. The van der Waals surface area contributed by atoms with E-state index in [1.165, 1.54) is 21.6 Å². The summed E-state index contributed by atoms with van der Waals surface area (Å²) in [5.74, 6) is -2.03. The molecular formula is C13H29N5O4S2. The molecular weight excluding hydrogens is 354 g/mol. The second-order valence-corrected chi connectivity index (χ2v) is 8.31. The van der Waals surface area contributed by atoms with Gasteiger partial charge >= 0.3 is 11.9 Å². The number of aliphatic carboxylic acids is 2. The van der Waals surface area contributed by atoms with Gasteiger partial charge in [0.2, 0.25) is 0 Å². The van der Waals surface area contributed by atoms with Gasteiger partial charge in [-0.05, 0) is 41.2 Å². The Morgan fingerprint density at radius 2 is 1.62 bits per heavy atom. The lowest BCUT2D eigenvalue weighted by atomic mass is 10.2. The molecule has 0 aromatic heterocycles. The summed E-state index contributed by atoms with van der Waals surface area (Å²) >= 11 is 0. The standard InChI is InChI=1S/C13H29N5O4S2/c1-17(2)9(18(3)4)5-6-16-11(10(15)13(21)22)24-23-7-8(14)12(19)20/h8-11,16H,5-7,14-15H2,1-4H3,(H,19,20)(H,21,22)/t8-,10-,11?/m0/s1. The zero-order valence-electron chi connectivity index (χ0n) is 14.5. The molecule has 0 radical (unpaired) electrons.